The van der Waals surface area contributed by atoms with E-state index in [1.807, 2.05) is 18.2 Å². The second-order valence-electron chi connectivity index (χ2n) is 9.39. The monoisotopic (exact) mass is 474 g/mol. The highest BCUT2D eigenvalue weighted by molar-refractivity contribution is 5.61. The summed E-state index contributed by atoms with van der Waals surface area (Å²) in [5.74, 6) is 0. The molecule has 0 fully saturated rings. The van der Waals surface area contributed by atoms with Crippen LogP contribution >= 0.6 is 0 Å². The predicted molar refractivity (Wildman–Crippen MR) is 152 cm³/mol. The predicted octanol–water partition coefficient (Wildman–Crippen LogP) is 6.36. The highest BCUT2D eigenvalue weighted by Crippen LogP contribution is 2.32. The van der Waals surface area contributed by atoms with Gasteiger partial charge in [-0.25, -0.2) is 0 Å². The van der Waals surface area contributed by atoms with E-state index in [0.717, 1.165) is 42.9 Å². The molecule has 2 aromatic rings. The summed E-state index contributed by atoms with van der Waals surface area (Å²) in [6.45, 7) is 0.861. The van der Waals surface area contributed by atoms with Gasteiger partial charge in [0.1, 0.15) is 0 Å². The molecule has 2 aromatic carbocycles. The van der Waals surface area contributed by atoms with E-state index in [-0.39, 0.29) is 12.1 Å². The van der Waals surface area contributed by atoms with Gasteiger partial charge in [0.05, 0.1) is 12.1 Å². The van der Waals surface area contributed by atoms with Crippen LogP contribution in [0.1, 0.15) is 24.8 Å². The molecule has 0 saturated heterocycles. The van der Waals surface area contributed by atoms with Crippen molar-refractivity contribution >= 4 is 11.4 Å². The van der Waals surface area contributed by atoms with E-state index < -0.39 is 0 Å². The first-order valence-electron chi connectivity index (χ1n) is 12.7. The van der Waals surface area contributed by atoms with Gasteiger partial charge in [-0.05, 0) is 73.4 Å². The highest BCUT2D eigenvalue weighted by atomic mass is 15.2. The summed E-state index contributed by atoms with van der Waals surface area (Å²) in [6, 6.07) is 19.3. The Bertz CT molecular complexity index is 1260. The summed E-state index contributed by atoms with van der Waals surface area (Å²) in [4.78, 5) is 4.89. The van der Waals surface area contributed by atoms with Crippen molar-refractivity contribution in [1.82, 2.24) is 4.90 Å². The molecule has 0 radical (unpaired) electrons. The van der Waals surface area contributed by atoms with Gasteiger partial charge >= 0.3 is 0 Å². The summed E-state index contributed by atoms with van der Waals surface area (Å²) < 4.78 is 0. The Labute approximate surface area is 214 Å². The number of anilines is 2. The Kier molecular flexibility index (Phi) is 7.23. The van der Waals surface area contributed by atoms with Crippen LogP contribution in [0.3, 0.4) is 0 Å². The van der Waals surface area contributed by atoms with E-state index >= 15 is 0 Å². The zero-order valence-corrected chi connectivity index (χ0v) is 20.6. The van der Waals surface area contributed by atoms with E-state index in [1.54, 1.807) is 0 Å². The average Bonchev–Trinajstić information content (AvgIpc) is 3.20. The van der Waals surface area contributed by atoms with Gasteiger partial charge < -0.3 is 21.3 Å². The van der Waals surface area contributed by atoms with Crippen LogP contribution in [0.25, 0.3) is 0 Å². The van der Waals surface area contributed by atoms with E-state index in [1.165, 1.54) is 17.0 Å². The van der Waals surface area contributed by atoms with Gasteiger partial charge in [0.25, 0.3) is 0 Å². The summed E-state index contributed by atoms with van der Waals surface area (Å²) >= 11 is 0. The molecule has 0 amide bonds. The van der Waals surface area contributed by atoms with Crippen molar-refractivity contribution in [3.63, 3.8) is 0 Å². The smallest absolute Gasteiger partial charge is 0.0561 e. The molecule has 0 spiro atoms. The van der Waals surface area contributed by atoms with Crippen molar-refractivity contribution < 1.29 is 0 Å². The van der Waals surface area contributed by atoms with E-state index in [9.17, 15) is 0 Å². The van der Waals surface area contributed by atoms with Gasteiger partial charge in [0, 0.05) is 35.0 Å². The van der Waals surface area contributed by atoms with Gasteiger partial charge in [0.2, 0.25) is 0 Å². The van der Waals surface area contributed by atoms with Crippen LogP contribution in [0.15, 0.2) is 139 Å². The molecule has 0 heterocycles. The number of nitrogens with two attached hydrogens (primary N) is 2. The molecule has 5 rings (SSSR count). The molecule has 4 N–H and O–H groups in total. The van der Waals surface area contributed by atoms with Crippen LogP contribution in [0.5, 0.6) is 0 Å². The topological polar surface area (TPSA) is 58.5 Å². The third-order valence-corrected chi connectivity index (χ3v) is 6.84. The number of allylic oxidation sites excluding steroid dienone is 7. The second kappa shape index (κ2) is 11.0. The third-order valence-electron chi connectivity index (χ3n) is 6.84. The van der Waals surface area contributed by atoms with Gasteiger partial charge in [-0.1, -0.05) is 72.9 Å². The fourth-order valence-electron chi connectivity index (χ4n) is 4.93. The number of nitrogens with zero attached hydrogens (tertiary/aromatic N) is 2. The van der Waals surface area contributed by atoms with Gasteiger partial charge in [-0.3, -0.25) is 0 Å². The van der Waals surface area contributed by atoms with E-state index in [4.69, 9.17) is 11.5 Å². The van der Waals surface area contributed by atoms with Crippen LogP contribution in [0, 0.1) is 0 Å². The molecule has 182 valence electrons. The maximum atomic E-state index is 6.02. The lowest BCUT2D eigenvalue weighted by molar-refractivity contribution is 0.291. The van der Waals surface area contributed by atoms with Crippen molar-refractivity contribution in [2.75, 3.05) is 10.6 Å². The van der Waals surface area contributed by atoms with Gasteiger partial charge in [0.15, 0.2) is 0 Å². The molecule has 0 bridgehead atoms. The first-order valence-corrected chi connectivity index (χ1v) is 12.7. The van der Waals surface area contributed by atoms with Crippen molar-refractivity contribution in [3.05, 3.63) is 144 Å². The lowest BCUT2D eigenvalue weighted by Crippen LogP contribution is -2.37. The summed E-state index contributed by atoms with van der Waals surface area (Å²) in [5, 5.41) is 0. The molecule has 0 aromatic heterocycles. The summed E-state index contributed by atoms with van der Waals surface area (Å²) in [7, 11) is 0. The van der Waals surface area contributed by atoms with E-state index in [2.05, 4.69) is 113 Å². The molecular weight excluding hydrogens is 440 g/mol. The molecular formula is C32H34N4. The Balaban J connectivity index is 1.42. The number of hydrogen-bond acceptors (Lipinski definition) is 4. The van der Waals surface area contributed by atoms with Crippen molar-refractivity contribution in [2.45, 2.75) is 37.9 Å². The quantitative estimate of drug-likeness (QED) is 0.459. The minimum atomic E-state index is 0.200. The van der Waals surface area contributed by atoms with Crippen LogP contribution in [0.2, 0.25) is 0 Å². The van der Waals surface area contributed by atoms with E-state index in [0.29, 0.717) is 0 Å². The van der Waals surface area contributed by atoms with Crippen LogP contribution in [-0.4, -0.2) is 17.0 Å². The second-order valence-corrected chi connectivity index (χ2v) is 9.39. The average molecular weight is 475 g/mol. The van der Waals surface area contributed by atoms with Crippen molar-refractivity contribution in [2.24, 2.45) is 5.73 Å². The molecule has 4 nitrogen and oxygen atoms in total. The normalized spacial score (nSPS) is 20.8. The first-order chi connectivity index (χ1) is 17.7. The number of benzene rings is 2. The molecule has 36 heavy (non-hydrogen) atoms. The summed E-state index contributed by atoms with van der Waals surface area (Å²) in [6.07, 6.45) is 27.1. The lowest BCUT2D eigenvalue weighted by atomic mass is 9.98. The Hall–Kier alpha value is -4.18. The zero-order chi connectivity index (χ0) is 24.7. The minimum absolute atomic E-state index is 0.200. The van der Waals surface area contributed by atoms with Crippen LogP contribution in [-0.2, 0) is 6.54 Å². The van der Waals surface area contributed by atoms with Gasteiger partial charge in [-0.2, -0.15) is 0 Å². The zero-order valence-electron chi connectivity index (χ0n) is 20.6. The molecule has 3 aliphatic carbocycles. The molecule has 2 atom stereocenters. The Morgan fingerprint density at radius 2 is 1.53 bits per heavy atom. The molecule has 2 unspecified atom stereocenters. The van der Waals surface area contributed by atoms with Crippen LogP contribution in [0.4, 0.5) is 11.4 Å². The molecule has 0 aliphatic heterocycles. The lowest BCUT2D eigenvalue weighted by Gasteiger charge is -2.38. The number of hydrogen-bond donors (Lipinski definition) is 2. The fourth-order valence-corrected chi connectivity index (χ4v) is 4.93. The third kappa shape index (κ3) is 5.55. The molecule has 4 heteroatoms. The molecule has 3 aliphatic rings. The van der Waals surface area contributed by atoms with Crippen molar-refractivity contribution in [1.29, 1.82) is 0 Å². The van der Waals surface area contributed by atoms with Gasteiger partial charge in [-0.15, -0.1) is 0 Å². The first kappa shape index (κ1) is 23.6. The maximum Gasteiger partial charge on any atom is 0.0561 e. The van der Waals surface area contributed by atoms with Crippen molar-refractivity contribution in [3.8, 4) is 0 Å². The van der Waals surface area contributed by atoms with Crippen LogP contribution < -0.4 is 16.4 Å². The number of nitrogen functional groups attached to an aromatic ring is 1. The summed E-state index contributed by atoms with van der Waals surface area (Å²) in [5.41, 5.74) is 18.5. The fraction of sp³-hybridized carbons (Fsp3) is 0.188. The Morgan fingerprint density at radius 3 is 2.25 bits per heavy atom. The standard InChI is InChI=1S/C32H34N4/c33-26-12-16-30(17-13-26)36(31-18-14-27(34)15-19-31)32-22-20-29(21-23-32)35(24-25-8-4-3-5-9-25)28-10-6-1-2-7-11-28/h1,3-18,20,22-23,29,31H,2,19,21,24,33-34H2. The SMILES string of the molecule is NC1=CCC(N(C2=CCC(N(Cc3ccccc3)C3=CC=CCC=C3)C=C2)c2ccc(N)cc2)C=C1. The maximum absolute atomic E-state index is 6.02. The molecule has 0 saturated carbocycles. The largest absolute Gasteiger partial charge is 0.399 e. The Morgan fingerprint density at radius 1 is 0.750 bits per heavy atom. The number of rotatable bonds is 7. The highest BCUT2D eigenvalue weighted by Gasteiger charge is 2.25. The minimum Gasteiger partial charge on any atom is -0.399 e.